The highest BCUT2D eigenvalue weighted by Crippen LogP contribution is 2.20. The lowest BCUT2D eigenvalue weighted by Crippen LogP contribution is -2.10. The minimum atomic E-state index is -1.17. The summed E-state index contributed by atoms with van der Waals surface area (Å²) in [6.45, 7) is 1.33. The first-order valence-corrected chi connectivity index (χ1v) is 6.17. The Balaban J connectivity index is 1.77. The van der Waals surface area contributed by atoms with Gasteiger partial charge in [0.05, 0.1) is 11.8 Å². The van der Waals surface area contributed by atoms with Crippen molar-refractivity contribution in [2.45, 2.75) is 31.8 Å². The van der Waals surface area contributed by atoms with Crippen LogP contribution < -0.4 is 5.32 Å². The van der Waals surface area contributed by atoms with Crippen molar-refractivity contribution in [2.24, 2.45) is 0 Å². The Hall–Kier alpha value is -1.23. The molecule has 0 spiro atoms. The van der Waals surface area contributed by atoms with Crippen molar-refractivity contribution in [3.8, 4) is 0 Å². The number of benzene rings is 1. The Kier molecular flexibility index (Phi) is 4.47. The zero-order chi connectivity index (χ0) is 13.0. The second-order valence-electron chi connectivity index (χ2n) is 4.45. The van der Waals surface area contributed by atoms with E-state index in [1.165, 1.54) is 0 Å². The molecule has 1 unspecified atom stereocenters. The first-order valence-electron chi connectivity index (χ1n) is 6.17. The molecule has 1 aromatic rings. The molecule has 1 aliphatic heterocycles. The number of hydrogen-bond donors (Lipinski definition) is 1. The zero-order valence-electron chi connectivity index (χ0n) is 10.0. The van der Waals surface area contributed by atoms with E-state index in [1.807, 2.05) is 0 Å². The van der Waals surface area contributed by atoms with Gasteiger partial charge in [0.25, 0.3) is 0 Å². The molecule has 100 valence electrons. The van der Waals surface area contributed by atoms with Crippen LogP contribution in [0.1, 0.15) is 25.7 Å². The summed E-state index contributed by atoms with van der Waals surface area (Å²) in [6, 6.07) is 1.40. The molecular formula is C13H16F3NO. The maximum Gasteiger partial charge on any atom is 0.161 e. The smallest absolute Gasteiger partial charge is 0.161 e. The summed E-state index contributed by atoms with van der Waals surface area (Å²) in [5.74, 6) is -2.98. The summed E-state index contributed by atoms with van der Waals surface area (Å²) in [7, 11) is 0. The summed E-state index contributed by atoms with van der Waals surface area (Å²) < 4.78 is 44.3. The molecular weight excluding hydrogens is 243 g/mol. The molecule has 0 aliphatic carbocycles. The SMILES string of the molecule is Fc1cc(F)c(NCCCC2CCCO2)cc1F. The van der Waals surface area contributed by atoms with Gasteiger partial charge in [0.1, 0.15) is 5.82 Å². The van der Waals surface area contributed by atoms with Gasteiger partial charge in [0.15, 0.2) is 11.6 Å². The highest BCUT2D eigenvalue weighted by atomic mass is 19.2. The summed E-state index contributed by atoms with van der Waals surface area (Å²) in [6.07, 6.45) is 4.17. The molecule has 5 heteroatoms. The average molecular weight is 259 g/mol. The van der Waals surface area contributed by atoms with Gasteiger partial charge in [-0.05, 0) is 25.7 Å². The van der Waals surface area contributed by atoms with Gasteiger partial charge in [-0.1, -0.05) is 0 Å². The summed E-state index contributed by atoms with van der Waals surface area (Å²) in [5, 5.41) is 2.77. The molecule has 0 bridgehead atoms. The van der Waals surface area contributed by atoms with Crippen LogP contribution >= 0.6 is 0 Å². The number of rotatable bonds is 5. The molecule has 0 radical (unpaired) electrons. The van der Waals surface area contributed by atoms with Crippen LogP contribution in [-0.4, -0.2) is 19.3 Å². The monoisotopic (exact) mass is 259 g/mol. The lowest BCUT2D eigenvalue weighted by atomic mass is 10.1. The van der Waals surface area contributed by atoms with Crippen molar-refractivity contribution in [3.05, 3.63) is 29.6 Å². The normalized spacial score (nSPS) is 19.2. The van der Waals surface area contributed by atoms with Crippen molar-refractivity contribution in [3.63, 3.8) is 0 Å². The minimum Gasteiger partial charge on any atom is -0.383 e. The van der Waals surface area contributed by atoms with E-state index in [0.717, 1.165) is 38.4 Å². The van der Waals surface area contributed by atoms with Crippen LogP contribution in [-0.2, 0) is 4.74 Å². The molecule has 2 nitrogen and oxygen atoms in total. The quantitative estimate of drug-likeness (QED) is 0.645. The third kappa shape index (κ3) is 3.38. The van der Waals surface area contributed by atoms with Crippen LogP contribution in [0.3, 0.4) is 0 Å². The molecule has 0 aromatic heterocycles. The van der Waals surface area contributed by atoms with E-state index >= 15 is 0 Å². The molecule has 1 fully saturated rings. The first-order chi connectivity index (χ1) is 8.66. The van der Waals surface area contributed by atoms with Crippen molar-refractivity contribution in [1.82, 2.24) is 0 Å². The zero-order valence-corrected chi connectivity index (χ0v) is 10.0. The van der Waals surface area contributed by atoms with Crippen LogP contribution in [0.15, 0.2) is 12.1 Å². The molecule has 18 heavy (non-hydrogen) atoms. The fourth-order valence-corrected chi connectivity index (χ4v) is 2.08. The highest BCUT2D eigenvalue weighted by molar-refractivity contribution is 5.45. The van der Waals surface area contributed by atoms with E-state index in [-0.39, 0.29) is 5.69 Å². The third-order valence-corrected chi connectivity index (χ3v) is 3.05. The van der Waals surface area contributed by atoms with E-state index in [1.54, 1.807) is 0 Å². The fraction of sp³-hybridized carbons (Fsp3) is 0.538. The van der Waals surface area contributed by atoms with E-state index < -0.39 is 17.5 Å². The number of ether oxygens (including phenoxy) is 1. The topological polar surface area (TPSA) is 21.3 Å². The molecule has 1 atom stereocenters. The van der Waals surface area contributed by atoms with Crippen LogP contribution in [0, 0.1) is 17.5 Å². The maximum absolute atomic E-state index is 13.3. The number of nitrogens with one attached hydrogen (secondary N) is 1. The van der Waals surface area contributed by atoms with Crippen LogP contribution in [0.2, 0.25) is 0 Å². The summed E-state index contributed by atoms with van der Waals surface area (Å²) in [4.78, 5) is 0. The van der Waals surface area contributed by atoms with E-state index in [4.69, 9.17) is 4.74 Å². The van der Waals surface area contributed by atoms with Crippen molar-refractivity contribution >= 4 is 5.69 Å². The Labute approximate surface area is 104 Å². The van der Waals surface area contributed by atoms with Gasteiger partial charge in [-0.3, -0.25) is 0 Å². The van der Waals surface area contributed by atoms with Crippen molar-refractivity contribution in [1.29, 1.82) is 0 Å². The number of halogens is 3. The van der Waals surface area contributed by atoms with Gasteiger partial charge >= 0.3 is 0 Å². The minimum absolute atomic E-state index is 0.00115. The van der Waals surface area contributed by atoms with E-state index in [0.29, 0.717) is 18.7 Å². The van der Waals surface area contributed by atoms with Gasteiger partial charge in [0.2, 0.25) is 0 Å². The lowest BCUT2D eigenvalue weighted by molar-refractivity contribution is 0.103. The lowest BCUT2D eigenvalue weighted by Gasteiger charge is -2.11. The van der Waals surface area contributed by atoms with Gasteiger partial charge < -0.3 is 10.1 Å². The van der Waals surface area contributed by atoms with Crippen LogP contribution in [0.25, 0.3) is 0 Å². The Morgan fingerprint density at radius 1 is 1.17 bits per heavy atom. The molecule has 1 aromatic carbocycles. The Bertz CT molecular complexity index is 405. The average Bonchev–Trinajstić information content (AvgIpc) is 2.84. The van der Waals surface area contributed by atoms with Gasteiger partial charge in [-0.15, -0.1) is 0 Å². The molecule has 0 amide bonds. The van der Waals surface area contributed by atoms with Gasteiger partial charge in [0, 0.05) is 25.3 Å². The van der Waals surface area contributed by atoms with Crippen LogP contribution in [0.5, 0.6) is 0 Å². The summed E-state index contributed by atoms with van der Waals surface area (Å²) >= 11 is 0. The number of anilines is 1. The fourth-order valence-electron chi connectivity index (χ4n) is 2.08. The molecule has 1 heterocycles. The van der Waals surface area contributed by atoms with Gasteiger partial charge in [-0.2, -0.15) is 0 Å². The molecule has 1 aliphatic rings. The largest absolute Gasteiger partial charge is 0.383 e. The van der Waals surface area contributed by atoms with E-state index in [9.17, 15) is 13.2 Å². The molecule has 1 saturated heterocycles. The van der Waals surface area contributed by atoms with Crippen LogP contribution in [0.4, 0.5) is 18.9 Å². The molecule has 2 rings (SSSR count). The molecule has 0 saturated carbocycles. The Morgan fingerprint density at radius 2 is 1.94 bits per heavy atom. The summed E-state index contributed by atoms with van der Waals surface area (Å²) in [5.41, 5.74) is 0.00115. The predicted molar refractivity (Wildman–Crippen MR) is 63.0 cm³/mol. The number of hydrogen-bond acceptors (Lipinski definition) is 2. The molecule has 1 N–H and O–H groups in total. The standard InChI is InChI=1S/C13H16F3NO/c14-10-7-12(16)13(8-11(10)15)17-5-1-3-9-4-2-6-18-9/h7-9,17H,1-6H2. The predicted octanol–water partition coefficient (Wildman–Crippen LogP) is 3.48. The van der Waals surface area contributed by atoms with Crippen molar-refractivity contribution < 1.29 is 17.9 Å². The van der Waals surface area contributed by atoms with E-state index in [2.05, 4.69) is 5.32 Å². The maximum atomic E-state index is 13.3. The van der Waals surface area contributed by atoms with Crippen molar-refractivity contribution in [2.75, 3.05) is 18.5 Å². The third-order valence-electron chi connectivity index (χ3n) is 3.05. The Morgan fingerprint density at radius 3 is 2.67 bits per heavy atom. The second-order valence-corrected chi connectivity index (χ2v) is 4.45. The highest BCUT2D eigenvalue weighted by Gasteiger charge is 2.14. The second kappa shape index (κ2) is 6.09. The first kappa shape index (κ1) is 13.2. The van der Waals surface area contributed by atoms with Gasteiger partial charge in [-0.25, -0.2) is 13.2 Å².